The predicted molar refractivity (Wildman–Crippen MR) is 197 cm³/mol. The summed E-state index contributed by atoms with van der Waals surface area (Å²) in [7, 11) is -0.564. The van der Waals surface area contributed by atoms with E-state index in [4.69, 9.17) is 0 Å². The van der Waals surface area contributed by atoms with Crippen molar-refractivity contribution in [1.29, 1.82) is 0 Å². The molecule has 3 aromatic carbocycles. The highest BCUT2D eigenvalue weighted by Crippen LogP contribution is 2.62. The van der Waals surface area contributed by atoms with E-state index in [1.165, 1.54) is 131 Å². The molecule has 1 aliphatic heterocycles. The number of Topliss-reactive ketones (excluding diaryl/α,β-unsaturated/α-hetero) is 1. The Morgan fingerprint density at radius 3 is 1.24 bits per heavy atom. The first kappa shape index (κ1) is 32.7. The molecule has 2 heteroatoms. The lowest BCUT2D eigenvalue weighted by molar-refractivity contribution is -0.119. The highest BCUT2D eigenvalue weighted by molar-refractivity contribution is 7.68. The molecule has 3 aliphatic rings. The van der Waals surface area contributed by atoms with Gasteiger partial charge in [-0.1, -0.05) is 76.8 Å². The molecule has 2 atom stereocenters. The Bertz CT molecular complexity index is 1420. The first-order valence-electron chi connectivity index (χ1n) is 18.2. The minimum absolute atomic E-state index is 0.506. The maximum atomic E-state index is 13.9. The standard InChI is InChI=1S/C43H57OP/c1-26-22-27(2)31(6)41(30(26)5)37-20-15-21-38(42-32(7)28(3)23-29(4)33(42)8)43(37)45-39(34-16-11-9-12-17-34)24-36(44)25-40(45)35-18-13-10-14-19-35/h15,20-23,34-35,39-40H,9-14,16-19,24-25H2,1-8H3. The van der Waals surface area contributed by atoms with Crippen molar-refractivity contribution in [3.63, 3.8) is 0 Å². The molecule has 2 aliphatic carbocycles. The average molecular weight is 621 g/mol. The summed E-state index contributed by atoms with van der Waals surface area (Å²) in [6.07, 6.45) is 15.0. The van der Waals surface area contributed by atoms with Gasteiger partial charge in [0.25, 0.3) is 0 Å². The molecule has 0 N–H and O–H groups in total. The second-order valence-electron chi connectivity index (χ2n) is 15.3. The maximum Gasteiger partial charge on any atom is 0.134 e. The summed E-state index contributed by atoms with van der Waals surface area (Å²) in [6, 6.07) is 12.1. The molecule has 0 amide bonds. The third-order valence-corrected chi connectivity index (χ3v) is 16.2. The number of ketones is 1. The Kier molecular flexibility index (Phi) is 9.79. The van der Waals surface area contributed by atoms with Crippen LogP contribution >= 0.6 is 7.92 Å². The molecule has 3 fully saturated rings. The minimum atomic E-state index is -0.564. The molecule has 1 saturated heterocycles. The first-order valence-corrected chi connectivity index (χ1v) is 19.6. The van der Waals surface area contributed by atoms with E-state index in [1.807, 2.05) is 0 Å². The monoisotopic (exact) mass is 620 g/mol. The lowest BCUT2D eigenvalue weighted by Crippen LogP contribution is -2.41. The van der Waals surface area contributed by atoms with Crippen LogP contribution in [0.1, 0.15) is 122 Å². The number of carbonyl (C=O) groups excluding carboxylic acids is 1. The third-order valence-electron chi connectivity index (χ3n) is 12.5. The van der Waals surface area contributed by atoms with Crippen molar-refractivity contribution < 1.29 is 4.79 Å². The zero-order valence-corrected chi connectivity index (χ0v) is 30.4. The zero-order valence-electron chi connectivity index (χ0n) is 29.5. The molecule has 6 rings (SSSR count). The van der Waals surface area contributed by atoms with Crippen LogP contribution in [0, 0.1) is 67.2 Å². The Morgan fingerprint density at radius 2 is 0.889 bits per heavy atom. The van der Waals surface area contributed by atoms with Gasteiger partial charge in [-0.15, -0.1) is 0 Å². The molecule has 1 nitrogen and oxygen atoms in total. The molecular formula is C43H57OP. The molecule has 0 spiro atoms. The highest BCUT2D eigenvalue weighted by atomic mass is 31.1. The molecular weight excluding hydrogens is 563 g/mol. The number of rotatable bonds is 5. The molecule has 240 valence electrons. The van der Waals surface area contributed by atoms with Gasteiger partial charge in [0.05, 0.1) is 0 Å². The Hall–Kier alpha value is -2.24. The van der Waals surface area contributed by atoms with Crippen LogP contribution in [-0.2, 0) is 4.79 Å². The lowest BCUT2D eigenvalue weighted by Gasteiger charge is -2.48. The Labute approximate surface area is 275 Å². The summed E-state index contributed by atoms with van der Waals surface area (Å²) in [5.41, 5.74) is 18.2. The first-order chi connectivity index (χ1) is 21.6. The molecule has 1 heterocycles. The van der Waals surface area contributed by atoms with Gasteiger partial charge < -0.3 is 0 Å². The van der Waals surface area contributed by atoms with E-state index >= 15 is 0 Å². The van der Waals surface area contributed by atoms with Crippen molar-refractivity contribution in [2.24, 2.45) is 11.8 Å². The summed E-state index contributed by atoms with van der Waals surface area (Å²) >= 11 is 0. The van der Waals surface area contributed by atoms with Crippen LogP contribution in [0.4, 0.5) is 0 Å². The van der Waals surface area contributed by atoms with E-state index in [-0.39, 0.29) is 0 Å². The lowest BCUT2D eigenvalue weighted by atomic mass is 9.82. The molecule has 0 bridgehead atoms. The average Bonchev–Trinajstić information content (AvgIpc) is 3.04. The minimum Gasteiger partial charge on any atom is -0.300 e. The van der Waals surface area contributed by atoms with Crippen LogP contribution in [0.15, 0.2) is 30.3 Å². The van der Waals surface area contributed by atoms with Gasteiger partial charge in [-0.2, -0.15) is 0 Å². The van der Waals surface area contributed by atoms with Gasteiger partial charge >= 0.3 is 0 Å². The smallest absolute Gasteiger partial charge is 0.134 e. The molecule has 45 heavy (non-hydrogen) atoms. The number of carbonyl (C=O) groups is 1. The number of hydrogen-bond donors (Lipinski definition) is 0. The summed E-state index contributed by atoms with van der Waals surface area (Å²) in [6.45, 7) is 18.6. The van der Waals surface area contributed by atoms with Crippen molar-refractivity contribution in [2.75, 3.05) is 0 Å². The normalized spacial score (nSPS) is 23.5. The van der Waals surface area contributed by atoms with Gasteiger partial charge in [0.15, 0.2) is 0 Å². The third kappa shape index (κ3) is 6.13. The van der Waals surface area contributed by atoms with Crippen LogP contribution in [0.25, 0.3) is 22.3 Å². The van der Waals surface area contributed by atoms with E-state index in [9.17, 15) is 4.79 Å². The number of aryl methyl sites for hydroxylation is 4. The van der Waals surface area contributed by atoms with Crippen LogP contribution in [0.5, 0.6) is 0 Å². The number of benzene rings is 3. The SMILES string of the molecule is Cc1cc(C)c(C)c(-c2cccc(-c3c(C)c(C)cc(C)c3C)c2P2C(C3CCCCC3)CC(=O)CC2C2CCCCC2)c1C. The Morgan fingerprint density at radius 1 is 0.533 bits per heavy atom. The second-order valence-corrected chi connectivity index (χ2v) is 17.8. The van der Waals surface area contributed by atoms with Gasteiger partial charge in [-0.05, 0) is 176 Å². The Balaban J connectivity index is 1.71. The summed E-state index contributed by atoms with van der Waals surface area (Å²) in [5.74, 6) is 1.93. The molecule has 2 saturated carbocycles. The highest BCUT2D eigenvalue weighted by Gasteiger charge is 2.46. The van der Waals surface area contributed by atoms with E-state index in [1.54, 1.807) is 5.30 Å². The van der Waals surface area contributed by atoms with Crippen molar-refractivity contribution >= 4 is 19.0 Å². The number of hydrogen-bond acceptors (Lipinski definition) is 1. The van der Waals surface area contributed by atoms with Gasteiger partial charge in [0, 0.05) is 12.8 Å². The summed E-state index contributed by atoms with van der Waals surface area (Å²) < 4.78 is 0. The van der Waals surface area contributed by atoms with Crippen LogP contribution in [0.3, 0.4) is 0 Å². The largest absolute Gasteiger partial charge is 0.300 e. The van der Waals surface area contributed by atoms with Crippen LogP contribution in [-0.4, -0.2) is 17.1 Å². The molecule has 2 unspecified atom stereocenters. The molecule has 3 aromatic rings. The van der Waals surface area contributed by atoms with E-state index < -0.39 is 7.92 Å². The summed E-state index contributed by atoms with van der Waals surface area (Å²) in [5, 5.41) is 1.65. The van der Waals surface area contributed by atoms with Crippen LogP contribution < -0.4 is 5.30 Å². The topological polar surface area (TPSA) is 17.1 Å². The van der Waals surface area contributed by atoms with E-state index in [0.29, 0.717) is 28.9 Å². The van der Waals surface area contributed by atoms with Crippen molar-refractivity contribution in [3.8, 4) is 22.3 Å². The quantitative estimate of drug-likeness (QED) is 0.259. The van der Waals surface area contributed by atoms with Crippen LogP contribution in [0.2, 0.25) is 0 Å². The molecule has 0 aromatic heterocycles. The van der Waals surface area contributed by atoms with E-state index in [2.05, 4.69) is 85.7 Å². The van der Waals surface area contributed by atoms with Gasteiger partial charge in [-0.3, -0.25) is 4.79 Å². The van der Waals surface area contributed by atoms with E-state index in [0.717, 1.165) is 12.8 Å². The fourth-order valence-corrected chi connectivity index (χ4v) is 14.0. The molecule has 0 radical (unpaired) electrons. The zero-order chi connectivity index (χ0) is 32.0. The van der Waals surface area contributed by atoms with Gasteiger partial charge in [-0.25, -0.2) is 0 Å². The van der Waals surface area contributed by atoms with Crippen molar-refractivity contribution in [3.05, 3.63) is 74.8 Å². The predicted octanol–water partition coefficient (Wildman–Crippen LogP) is 11.9. The summed E-state index contributed by atoms with van der Waals surface area (Å²) in [4.78, 5) is 13.9. The second kappa shape index (κ2) is 13.5. The van der Waals surface area contributed by atoms with Crippen molar-refractivity contribution in [1.82, 2.24) is 0 Å². The van der Waals surface area contributed by atoms with Gasteiger partial charge in [0.1, 0.15) is 5.78 Å². The maximum absolute atomic E-state index is 13.9. The van der Waals surface area contributed by atoms with Crippen molar-refractivity contribution in [2.45, 2.75) is 144 Å². The van der Waals surface area contributed by atoms with Gasteiger partial charge in [0.2, 0.25) is 0 Å². The fraction of sp³-hybridized carbons (Fsp3) is 0.558. The fourth-order valence-electron chi connectivity index (χ4n) is 9.62.